The topological polar surface area (TPSA) is 74.7 Å². The summed E-state index contributed by atoms with van der Waals surface area (Å²) in [5.41, 5.74) is 6.69. The molecule has 2 heterocycles. The van der Waals surface area contributed by atoms with E-state index >= 15 is 0 Å². The van der Waals surface area contributed by atoms with Crippen molar-refractivity contribution in [2.75, 3.05) is 20.0 Å². The number of nitrogens with two attached hydrogens (primary N) is 1. The fraction of sp³-hybridized carbons (Fsp3) is 0.200. The van der Waals surface area contributed by atoms with Gasteiger partial charge in [0.1, 0.15) is 0 Å². The molecule has 0 fully saturated rings. The van der Waals surface area contributed by atoms with E-state index in [-0.39, 0.29) is 0 Å². The highest BCUT2D eigenvalue weighted by atomic mass is 32.1. The van der Waals surface area contributed by atoms with Gasteiger partial charge in [0, 0.05) is 12.1 Å². The second kappa shape index (κ2) is 3.49. The van der Waals surface area contributed by atoms with Gasteiger partial charge in [0.15, 0.2) is 11.5 Å². The molecule has 0 spiro atoms. The van der Waals surface area contributed by atoms with Gasteiger partial charge in [-0.25, -0.2) is 0 Å². The Kier molecular flexibility index (Phi) is 2.08. The van der Waals surface area contributed by atoms with Crippen LogP contribution in [-0.2, 0) is 0 Å². The zero-order valence-corrected chi connectivity index (χ0v) is 10.1. The van der Waals surface area contributed by atoms with E-state index in [0.717, 1.165) is 15.2 Å². The summed E-state index contributed by atoms with van der Waals surface area (Å²) >= 11 is 1.51. The van der Waals surface area contributed by atoms with E-state index in [2.05, 4.69) is 10.2 Å². The molecule has 0 atom stereocenters. The number of nitrogen functional groups attached to an aromatic ring is 1. The molecule has 88 valence electrons. The quantitative estimate of drug-likeness (QED) is 0.746. The van der Waals surface area contributed by atoms with Crippen molar-refractivity contribution in [2.24, 2.45) is 0 Å². The van der Waals surface area contributed by atoms with Crippen LogP contribution in [0.15, 0.2) is 12.1 Å². The van der Waals surface area contributed by atoms with Gasteiger partial charge >= 0.3 is 0 Å². The molecular formula is C10H10N4O2S. The minimum absolute atomic E-state index is 0.374. The van der Waals surface area contributed by atoms with E-state index in [4.69, 9.17) is 15.2 Å². The highest BCUT2D eigenvalue weighted by Crippen LogP contribution is 2.36. The third-order valence-electron chi connectivity index (χ3n) is 2.57. The molecule has 0 aliphatic heterocycles. The van der Waals surface area contributed by atoms with E-state index in [1.807, 2.05) is 12.1 Å². The number of fused-ring (bicyclic) bond motifs is 3. The molecule has 7 heteroatoms. The maximum Gasteiger partial charge on any atom is 0.227 e. The molecule has 17 heavy (non-hydrogen) atoms. The van der Waals surface area contributed by atoms with Crippen LogP contribution in [0.2, 0.25) is 0 Å². The fourth-order valence-corrected chi connectivity index (χ4v) is 2.76. The second-order valence-corrected chi connectivity index (χ2v) is 4.46. The molecule has 1 aromatic carbocycles. The molecule has 3 rings (SSSR count). The number of hydrogen-bond donors (Lipinski definition) is 1. The number of aromatic nitrogens is 3. The number of ether oxygens (including phenoxy) is 2. The van der Waals surface area contributed by atoms with Gasteiger partial charge in [-0.3, -0.25) is 4.40 Å². The summed E-state index contributed by atoms with van der Waals surface area (Å²) in [7, 11) is 3.21. The summed E-state index contributed by atoms with van der Waals surface area (Å²) in [4.78, 5) is 0.757. The first kappa shape index (κ1) is 10.2. The van der Waals surface area contributed by atoms with Gasteiger partial charge in [-0.1, -0.05) is 11.3 Å². The molecule has 0 radical (unpaired) electrons. The lowest BCUT2D eigenvalue weighted by molar-refractivity contribution is 0.356. The van der Waals surface area contributed by atoms with Crippen molar-refractivity contribution in [1.29, 1.82) is 0 Å². The Morgan fingerprint density at radius 1 is 1.18 bits per heavy atom. The van der Waals surface area contributed by atoms with Crippen LogP contribution in [0.3, 0.4) is 0 Å². The number of hydrogen-bond acceptors (Lipinski definition) is 6. The van der Waals surface area contributed by atoms with Gasteiger partial charge < -0.3 is 15.2 Å². The number of thiazole rings is 1. The van der Waals surface area contributed by atoms with Gasteiger partial charge in [-0.05, 0) is 0 Å². The summed E-state index contributed by atoms with van der Waals surface area (Å²) in [5, 5.41) is 7.82. The fourth-order valence-electron chi connectivity index (χ4n) is 1.78. The van der Waals surface area contributed by atoms with Crippen LogP contribution in [0.4, 0.5) is 5.95 Å². The first-order valence-corrected chi connectivity index (χ1v) is 5.71. The van der Waals surface area contributed by atoms with E-state index in [1.54, 1.807) is 18.6 Å². The summed E-state index contributed by atoms with van der Waals surface area (Å²) in [6.45, 7) is 0. The predicted molar refractivity (Wildman–Crippen MR) is 65.9 cm³/mol. The molecule has 2 aromatic heterocycles. The van der Waals surface area contributed by atoms with Crippen molar-refractivity contribution in [1.82, 2.24) is 14.6 Å². The standard InChI is InChI=1S/C10H10N4O2S/c1-15-6-3-5-8(4-7(6)16-2)17-10-13-12-9(11)14(5)10/h3-4H,1-2H3,(H2,11,12). The zero-order chi connectivity index (χ0) is 12.0. The zero-order valence-electron chi connectivity index (χ0n) is 9.30. The normalized spacial score (nSPS) is 11.2. The molecule has 0 aliphatic carbocycles. The maximum absolute atomic E-state index is 5.77. The van der Waals surface area contributed by atoms with E-state index in [1.165, 1.54) is 11.3 Å². The summed E-state index contributed by atoms with van der Waals surface area (Å²) in [6, 6.07) is 3.78. The Labute approximate surface area is 101 Å². The van der Waals surface area contributed by atoms with Crippen molar-refractivity contribution in [3.8, 4) is 11.5 Å². The minimum Gasteiger partial charge on any atom is -0.493 e. The van der Waals surface area contributed by atoms with Crippen molar-refractivity contribution in [3.05, 3.63) is 12.1 Å². The van der Waals surface area contributed by atoms with Crippen molar-refractivity contribution in [3.63, 3.8) is 0 Å². The van der Waals surface area contributed by atoms with Gasteiger partial charge in [0.2, 0.25) is 10.9 Å². The van der Waals surface area contributed by atoms with Crippen molar-refractivity contribution in [2.45, 2.75) is 0 Å². The van der Waals surface area contributed by atoms with Crippen molar-refractivity contribution >= 4 is 32.5 Å². The first-order valence-electron chi connectivity index (χ1n) is 4.89. The van der Waals surface area contributed by atoms with Crippen LogP contribution in [0.25, 0.3) is 15.2 Å². The monoisotopic (exact) mass is 250 g/mol. The maximum atomic E-state index is 5.77. The van der Waals surface area contributed by atoms with E-state index in [0.29, 0.717) is 17.4 Å². The van der Waals surface area contributed by atoms with Gasteiger partial charge in [-0.2, -0.15) is 0 Å². The largest absolute Gasteiger partial charge is 0.493 e. The van der Waals surface area contributed by atoms with Gasteiger partial charge in [-0.15, -0.1) is 10.2 Å². The summed E-state index contributed by atoms with van der Waals surface area (Å²) < 4.78 is 13.3. The van der Waals surface area contributed by atoms with Crippen LogP contribution >= 0.6 is 11.3 Å². The average molecular weight is 250 g/mol. The molecule has 0 unspecified atom stereocenters. The molecule has 3 aromatic rings. The average Bonchev–Trinajstić information content (AvgIpc) is 2.87. The lowest BCUT2D eigenvalue weighted by atomic mass is 10.3. The number of benzene rings is 1. The minimum atomic E-state index is 0.374. The third-order valence-corrected chi connectivity index (χ3v) is 3.56. The van der Waals surface area contributed by atoms with Gasteiger partial charge in [0.05, 0.1) is 24.4 Å². The lowest BCUT2D eigenvalue weighted by Crippen LogP contribution is -1.94. The second-order valence-electron chi connectivity index (χ2n) is 3.45. The SMILES string of the molecule is COc1cc2sc3nnc(N)n3c2cc1OC. The number of rotatable bonds is 2. The molecule has 0 amide bonds. The van der Waals surface area contributed by atoms with Crippen molar-refractivity contribution < 1.29 is 9.47 Å². The number of nitrogens with zero attached hydrogens (tertiary/aromatic N) is 3. The lowest BCUT2D eigenvalue weighted by Gasteiger charge is -2.06. The third kappa shape index (κ3) is 1.32. The van der Waals surface area contributed by atoms with Crippen LogP contribution in [-0.4, -0.2) is 28.8 Å². The highest BCUT2D eigenvalue weighted by Gasteiger charge is 2.14. The van der Waals surface area contributed by atoms with E-state index in [9.17, 15) is 0 Å². The molecule has 0 saturated carbocycles. The molecule has 0 bridgehead atoms. The Morgan fingerprint density at radius 3 is 2.59 bits per heavy atom. The van der Waals surface area contributed by atoms with Crippen LogP contribution in [0, 0.1) is 0 Å². The van der Waals surface area contributed by atoms with Crippen LogP contribution < -0.4 is 15.2 Å². The summed E-state index contributed by atoms with van der Waals surface area (Å²) in [6.07, 6.45) is 0. The molecular weight excluding hydrogens is 240 g/mol. The predicted octanol–water partition coefficient (Wildman–Crippen LogP) is 1.54. The number of anilines is 1. The van der Waals surface area contributed by atoms with Gasteiger partial charge in [0.25, 0.3) is 0 Å². The molecule has 0 saturated heterocycles. The Balaban J connectivity index is 2.43. The smallest absolute Gasteiger partial charge is 0.227 e. The van der Waals surface area contributed by atoms with E-state index < -0.39 is 0 Å². The summed E-state index contributed by atoms with van der Waals surface area (Å²) in [5.74, 6) is 1.72. The van der Waals surface area contributed by atoms with Crippen LogP contribution in [0.1, 0.15) is 0 Å². The molecule has 0 aliphatic rings. The Morgan fingerprint density at radius 2 is 1.88 bits per heavy atom. The highest BCUT2D eigenvalue weighted by molar-refractivity contribution is 7.23. The Hall–Kier alpha value is -2.02. The Bertz CT molecular complexity index is 703. The first-order chi connectivity index (χ1) is 8.24. The van der Waals surface area contributed by atoms with Crippen LogP contribution in [0.5, 0.6) is 11.5 Å². The number of methoxy groups -OCH3 is 2. The molecule has 2 N–H and O–H groups in total. The molecule has 6 nitrogen and oxygen atoms in total.